The molecule has 2 heterocycles. The van der Waals surface area contributed by atoms with Crippen molar-refractivity contribution in [3.8, 4) is 0 Å². The second-order valence-electron chi connectivity index (χ2n) is 2.79. The number of hydrogen-bond donors (Lipinski definition) is 2. The topological polar surface area (TPSA) is 76.0 Å². The smallest absolute Gasteiger partial charge is 0.322 e. The number of imidazole rings is 1. The largest absolute Gasteiger partial charge is 0.336 e. The summed E-state index contributed by atoms with van der Waals surface area (Å²) in [6, 6.07) is -1.13. The van der Waals surface area contributed by atoms with Crippen LogP contribution in [0.15, 0.2) is 12.4 Å². The van der Waals surface area contributed by atoms with Gasteiger partial charge in [-0.15, -0.1) is 0 Å². The van der Waals surface area contributed by atoms with Crippen molar-refractivity contribution >= 4 is 11.9 Å². The Morgan fingerprint density at radius 1 is 1.54 bits per heavy atom. The lowest BCUT2D eigenvalue weighted by atomic mass is 10.3. The van der Waals surface area contributed by atoms with Crippen LogP contribution in [0, 0.1) is 0 Å². The van der Waals surface area contributed by atoms with Crippen molar-refractivity contribution in [2.24, 2.45) is 7.05 Å². The molecule has 1 atom stereocenters. The summed E-state index contributed by atoms with van der Waals surface area (Å²) in [4.78, 5) is 25.9. The number of imide groups is 1. The maximum atomic E-state index is 11.2. The molecule has 1 aromatic heterocycles. The minimum absolute atomic E-state index is 0.362. The molecule has 0 aromatic carbocycles. The highest BCUT2D eigenvalue weighted by atomic mass is 16.2. The molecule has 1 fully saturated rings. The summed E-state index contributed by atoms with van der Waals surface area (Å²) in [5, 5.41) is 4.60. The number of carbonyl (C=O) groups excluding carboxylic acids is 2. The van der Waals surface area contributed by atoms with Crippen LogP contribution in [0.3, 0.4) is 0 Å². The predicted molar refractivity (Wildman–Crippen MR) is 42.6 cm³/mol. The molecule has 6 nitrogen and oxygen atoms in total. The van der Waals surface area contributed by atoms with Gasteiger partial charge in [-0.2, -0.15) is 0 Å². The van der Waals surface area contributed by atoms with E-state index in [1.165, 1.54) is 0 Å². The Labute approximate surface area is 73.9 Å². The average molecular weight is 180 g/mol. The van der Waals surface area contributed by atoms with Crippen molar-refractivity contribution in [1.82, 2.24) is 20.2 Å². The van der Waals surface area contributed by atoms with Crippen LogP contribution < -0.4 is 10.6 Å². The van der Waals surface area contributed by atoms with Crippen molar-refractivity contribution in [1.29, 1.82) is 0 Å². The van der Waals surface area contributed by atoms with E-state index < -0.39 is 12.1 Å². The third kappa shape index (κ3) is 1.16. The van der Waals surface area contributed by atoms with Gasteiger partial charge in [-0.25, -0.2) is 9.78 Å². The first-order valence-corrected chi connectivity index (χ1v) is 3.77. The second-order valence-corrected chi connectivity index (χ2v) is 2.79. The number of nitrogens with one attached hydrogen (secondary N) is 2. The van der Waals surface area contributed by atoms with Crippen LogP contribution in [0.25, 0.3) is 0 Å². The summed E-state index contributed by atoms with van der Waals surface area (Å²) in [5.41, 5.74) is 0. The van der Waals surface area contributed by atoms with Gasteiger partial charge in [0.15, 0.2) is 6.04 Å². The standard InChI is InChI=1S/C7H8N4O2/c1-11-3-2-8-5(11)4-6(12)10-7(13)9-4/h2-4H,1H3,(H2,9,10,12,13). The molecule has 3 amide bonds. The Balaban J connectivity index is 2.32. The van der Waals surface area contributed by atoms with Crippen molar-refractivity contribution in [3.05, 3.63) is 18.2 Å². The molecule has 68 valence electrons. The van der Waals surface area contributed by atoms with Crippen molar-refractivity contribution in [2.75, 3.05) is 0 Å². The van der Waals surface area contributed by atoms with Crippen LogP contribution >= 0.6 is 0 Å². The minimum atomic E-state index is -0.660. The first-order valence-electron chi connectivity index (χ1n) is 3.77. The zero-order valence-corrected chi connectivity index (χ0v) is 6.94. The lowest BCUT2D eigenvalue weighted by molar-refractivity contribution is -0.120. The third-order valence-electron chi connectivity index (χ3n) is 1.89. The van der Waals surface area contributed by atoms with Crippen LogP contribution in [-0.2, 0) is 11.8 Å². The van der Waals surface area contributed by atoms with E-state index in [1.807, 2.05) is 0 Å². The molecule has 0 spiro atoms. The first kappa shape index (κ1) is 7.78. The highest BCUT2D eigenvalue weighted by molar-refractivity contribution is 6.04. The summed E-state index contributed by atoms with van der Waals surface area (Å²) in [5.74, 6) is 0.169. The molecule has 0 saturated carbocycles. The van der Waals surface area contributed by atoms with E-state index in [0.717, 1.165) is 0 Å². The van der Waals surface area contributed by atoms with Gasteiger partial charge in [-0.3, -0.25) is 10.1 Å². The Kier molecular flexibility index (Phi) is 1.54. The number of carbonyl (C=O) groups is 2. The fourth-order valence-corrected chi connectivity index (χ4v) is 1.25. The third-order valence-corrected chi connectivity index (χ3v) is 1.89. The van der Waals surface area contributed by atoms with Crippen LogP contribution in [0.5, 0.6) is 0 Å². The molecule has 1 unspecified atom stereocenters. The molecule has 1 aromatic rings. The number of rotatable bonds is 1. The van der Waals surface area contributed by atoms with Gasteiger partial charge in [-0.05, 0) is 0 Å². The summed E-state index contributed by atoms with van der Waals surface area (Å²) in [7, 11) is 1.76. The fraction of sp³-hybridized carbons (Fsp3) is 0.286. The van der Waals surface area contributed by atoms with Gasteiger partial charge in [0.2, 0.25) is 0 Å². The molecular weight excluding hydrogens is 172 g/mol. The fourth-order valence-electron chi connectivity index (χ4n) is 1.25. The number of urea groups is 1. The van der Waals surface area contributed by atoms with Gasteiger partial charge in [0.05, 0.1) is 0 Å². The lowest BCUT2D eigenvalue weighted by Gasteiger charge is -2.05. The highest BCUT2D eigenvalue weighted by Crippen LogP contribution is 2.12. The predicted octanol–water partition coefficient (Wildman–Crippen LogP) is -0.699. The zero-order valence-electron chi connectivity index (χ0n) is 6.94. The quantitative estimate of drug-likeness (QED) is 0.561. The average Bonchev–Trinajstić information content (AvgIpc) is 2.58. The second kappa shape index (κ2) is 2.58. The Bertz CT molecular complexity index is 370. The number of hydrogen-bond acceptors (Lipinski definition) is 3. The van der Waals surface area contributed by atoms with E-state index in [9.17, 15) is 9.59 Å². The van der Waals surface area contributed by atoms with Crippen LogP contribution in [0.1, 0.15) is 11.9 Å². The van der Waals surface area contributed by atoms with E-state index >= 15 is 0 Å². The molecule has 0 bridgehead atoms. The molecule has 2 rings (SSSR count). The maximum absolute atomic E-state index is 11.2. The van der Waals surface area contributed by atoms with Crippen molar-refractivity contribution in [3.63, 3.8) is 0 Å². The zero-order chi connectivity index (χ0) is 9.42. The monoisotopic (exact) mass is 180 g/mol. The summed E-state index contributed by atoms with van der Waals surface area (Å²) in [6.07, 6.45) is 3.29. The van der Waals surface area contributed by atoms with E-state index in [4.69, 9.17) is 0 Å². The van der Waals surface area contributed by atoms with E-state index in [-0.39, 0.29) is 5.91 Å². The number of aromatic nitrogens is 2. The molecule has 13 heavy (non-hydrogen) atoms. The SMILES string of the molecule is Cn1ccnc1C1NC(=O)NC1=O. The maximum Gasteiger partial charge on any atom is 0.322 e. The molecule has 0 aliphatic carbocycles. The van der Waals surface area contributed by atoms with Crippen LogP contribution in [0.4, 0.5) is 4.79 Å². The van der Waals surface area contributed by atoms with E-state index in [2.05, 4.69) is 15.6 Å². The lowest BCUT2D eigenvalue weighted by Crippen LogP contribution is -2.23. The van der Waals surface area contributed by atoms with Gasteiger partial charge in [0.1, 0.15) is 5.82 Å². The summed E-state index contributed by atoms with van der Waals surface area (Å²) >= 11 is 0. The Hall–Kier alpha value is -1.85. The summed E-state index contributed by atoms with van der Waals surface area (Å²) < 4.78 is 1.69. The summed E-state index contributed by atoms with van der Waals surface area (Å²) in [6.45, 7) is 0. The minimum Gasteiger partial charge on any atom is -0.336 e. The molecule has 2 N–H and O–H groups in total. The van der Waals surface area contributed by atoms with Gasteiger partial charge >= 0.3 is 6.03 Å². The van der Waals surface area contributed by atoms with Crippen LogP contribution in [-0.4, -0.2) is 21.5 Å². The molecule has 1 aliphatic heterocycles. The normalized spacial score (nSPS) is 21.5. The van der Waals surface area contributed by atoms with Gasteiger partial charge in [0, 0.05) is 19.4 Å². The van der Waals surface area contributed by atoms with Crippen molar-refractivity contribution < 1.29 is 9.59 Å². The Morgan fingerprint density at radius 2 is 2.31 bits per heavy atom. The first-order chi connectivity index (χ1) is 6.18. The number of amides is 3. The van der Waals surface area contributed by atoms with E-state index in [0.29, 0.717) is 5.82 Å². The van der Waals surface area contributed by atoms with Gasteiger partial charge < -0.3 is 9.88 Å². The molecule has 1 saturated heterocycles. The van der Waals surface area contributed by atoms with E-state index in [1.54, 1.807) is 24.0 Å². The highest BCUT2D eigenvalue weighted by Gasteiger charge is 2.33. The molecule has 1 aliphatic rings. The molecular formula is C7H8N4O2. The van der Waals surface area contributed by atoms with Gasteiger partial charge in [-0.1, -0.05) is 0 Å². The molecule has 6 heteroatoms. The van der Waals surface area contributed by atoms with Crippen molar-refractivity contribution in [2.45, 2.75) is 6.04 Å². The number of aryl methyl sites for hydroxylation is 1. The van der Waals surface area contributed by atoms with Crippen LogP contribution in [0.2, 0.25) is 0 Å². The van der Waals surface area contributed by atoms with Gasteiger partial charge in [0.25, 0.3) is 5.91 Å². The number of nitrogens with zero attached hydrogens (tertiary/aromatic N) is 2. The Morgan fingerprint density at radius 3 is 2.77 bits per heavy atom. The molecule has 0 radical (unpaired) electrons.